The number of hydrogen-bond donors (Lipinski definition) is 4. The largest absolute Gasteiger partial charge is 0.327 e. The molecule has 0 unspecified atom stereocenters. The smallest absolute Gasteiger partial charge is 0.126 e. The van der Waals surface area contributed by atoms with Crippen molar-refractivity contribution in [2.45, 2.75) is 27.7 Å². The minimum Gasteiger partial charge on any atom is -0.327 e. The van der Waals surface area contributed by atoms with Crippen LogP contribution in [0.4, 0.5) is 0 Å². The van der Waals surface area contributed by atoms with Crippen molar-refractivity contribution in [2.75, 3.05) is 0 Å². The molecule has 9 rings (SSSR count). The van der Waals surface area contributed by atoms with Crippen LogP contribution in [0.1, 0.15) is 90.1 Å². The number of nitrogens with one attached hydrogen (secondary N) is 4. The van der Waals surface area contributed by atoms with Gasteiger partial charge in [-0.05, 0) is 98.5 Å². The second-order valence-electron chi connectivity index (χ2n) is 14.1. The third-order valence-electron chi connectivity index (χ3n) is 10.3. The van der Waals surface area contributed by atoms with Gasteiger partial charge in [0.2, 0.25) is 0 Å². The summed E-state index contributed by atoms with van der Waals surface area (Å²) in [6.45, 7) is 8.54. The highest BCUT2D eigenvalue weighted by atomic mass is 14.8. The van der Waals surface area contributed by atoms with Crippen LogP contribution < -0.4 is 0 Å². The summed E-state index contributed by atoms with van der Waals surface area (Å²) in [5, 5.41) is 0. The fraction of sp³-hybridized carbons (Fsp3) is 0.0833. The molecule has 4 nitrogen and oxygen atoms in total. The van der Waals surface area contributed by atoms with E-state index in [2.05, 4.69) is 193 Å². The molecule has 0 fully saturated rings. The molecule has 4 N–H and O–H groups in total. The number of aromatic amines is 4. The van der Waals surface area contributed by atoms with Crippen LogP contribution in [0, 0.1) is 51.4 Å². The molecule has 4 aromatic heterocycles. The average Bonchev–Trinajstić information content (AvgIpc) is 3.99. The molecule has 0 radical (unpaired) electrons. The second kappa shape index (κ2) is 12.7. The lowest BCUT2D eigenvalue weighted by molar-refractivity contribution is 1.00. The number of hydrogen-bond acceptors (Lipinski definition) is 0. The molecule has 8 bridgehead atoms. The summed E-state index contributed by atoms with van der Waals surface area (Å²) in [5.74, 6) is 4.46. The van der Waals surface area contributed by atoms with Gasteiger partial charge in [0.05, 0.1) is 70.8 Å². The molecule has 0 atom stereocenters. The van der Waals surface area contributed by atoms with Crippen molar-refractivity contribution in [1.29, 1.82) is 0 Å². The molecule has 8 aromatic rings. The van der Waals surface area contributed by atoms with Crippen LogP contribution in [-0.2, 0) is 0 Å². The summed E-state index contributed by atoms with van der Waals surface area (Å²) in [4.78, 5) is 15.5. The Kier molecular flexibility index (Phi) is 7.66. The van der Waals surface area contributed by atoms with Crippen molar-refractivity contribution in [3.8, 4) is 0 Å². The minimum absolute atomic E-state index is 1.04. The Bertz CT molecular complexity index is 2020. The molecule has 0 aliphatic carbocycles. The quantitative estimate of drug-likeness (QED) is 0.135. The van der Waals surface area contributed by atoms with Gasteiger partial charge in [-0.25, -0.2) is 0 Å². The summed E-state index contributed by atoms with van der Waals surface area (Å²) in [6, 6.07) is 53.0. The topological polar surface area (TPSA) is 63.2 Å². The number of fused-ring (bicyclic) bond motifs is 8. The summed E-state index contributed by atoms with van der Waals surface area (Å²) >= 11 is 0. The summed E-state index contributed by atoms with van der Waals surface area (Å²) in [7, 11) is 0. The van der Waals surface area contributed by atoms with Gasteiger partial charge in [-0.1, -0.05) is 0 Å². The van der Waals surface area contributed by atoms with Gasteiger partial charge < -0.3 is 19.9 Å². The summed E-state index contributed by atoms with van der Waals surface area (Å²) in [5.41, 5.74) is 17.8. The van der Waals surface area contributed by atoms with Crippen LogP contribution in [0.3, 0.4) is 0 Å². The Hall–Kier alpha value is -6.52. The zero-order valence-electron chi connectivity index (χ0n) is 29.9. The number of benzene rings is 4. The molecule has 4 heteroatoms. The molecule has 0 amide bonds. The first-order chi connectivity index (χ1) is 25.4. The third-order valence-corrected chi connectivity index (χ3v) is 10.3. The zero-order chi connectivity index (χ0) is 35.3. The lowest BCUT2D eigenvalue weighted by Gasteiger charge is -2.14. The first-order valence-corrected chi connectivity index (χ1v) is 17.9. The van der Waals surface area contributed by atoms with Crippen molar-refractivity contribution in [3.05, 3.63) is 259 Å². The molecule has 0 saturated heterocycles. The fourth-order valence-corrected chi connectivity index (χ4v) is 7.45. The van der Waals surface area contributed by atoms with Gasteiger partial charge in [-0.3, -0.25) is 0 Å². The molecule has 1 aliphatic rings. The van der Waals surface area contributed by atoms with Crippen LogP contribution in [0.2, 0.25) is 0 Å². The van der Waals surface area contributed by atoms with E-state index in [1.807, 2.05) is 0 Å². The molecule has 5 heterocycles. The van der Waals surface area contributed by atoms with Crippen LogP contribution >= 0.6 is 0 Å². The predicted molar refractivity (Wildman–Crippen MR) is 210 cm³/mol. The summed E-state index contributed by atoms with van der Waals surface area (Å²) < 4.78 is 0. The summed E-state index contributed by atoms with van der Waals surface area (Å²) in [6.07, 6.45) is 0. The van der Waals surface area contributed by atoms with Crippen LogP contribution in [0.25, 0.3) is 0 Å². The predicted octanol–water partition coefficient (Wildman–Crippen LogP) is 10.6. The van der Waals surface area contributed by atoms with Crippen molar-refractivity contribution >= 4 is 0 Å². The first kappa shape index (κ1) is 31.5. The molecule has 0 saturated carbocycles. The molecular weight excluding hydrogens is 633 g/mol. The standard InChI is InChI=1S/C48H40N4/c1-29-5-13-33(14-6-29)45-37-21-23-39(49-37)46(34-15-7-30(2)8-16-34)41-25-27-43(51-41)48(36-19-11-32(4)12-20-36)44-28-26-42(52-44)47(40-24-22-38(45)50-40)35-17-9-31(3)10-18-35/h5-28,49-52H,1-4H3/q+4. The highest BCUT2D eigenvalue weighted by Crippen LogP contribution is 2.40. The van der Waals surface area contributed by atoms with Gasteiger partial charge in [0.25, 0.3) is 0 Å². The molecule has 52 heavy (non-hydrogen) atoms. The maximum atomic E-state index is 3.88. The van der Waals surface area contributed by atoms with E-state index in [1.54, 1.807) is 0 Å². The monoisotopic (exact) mass is 672 g/mol. The number of aromatic nitrogens is 4. The first-order valence-electron chi connectivity index (χ1n) is 17.9. The van der Waals surface area contributed by atoms with Gasteiger partial charge in [0, 0.05) is 48.5 Å². The Morgan fingerprint density at radius 1 is 0.231 bits per heavy atom. The van der Waals surface area contributed by atoms with Crippen molar-refractivity contribution in [2.24, 2.45) is 0 Å². The average molecular weight is 673 g/mol. The second-order valence-corrected chi connectivity index (χ2v) is 14.1. The Morgan fingerprint density at radius 3 is 0.538 bits per heavy atom. The van der Waals surface area contributed by atoms with E-state index < -0.39 is 0 Å². The van der Waals surface area contributed by atoms with Crippen LogP contribution in [0.15, 0.2) is 146 Å². The molecule has 4 aromatic carbocycles. The van der Waals surface area contributed by atoms with E-state index in [-0.39, 0.29) is 0 Å². The van der Waals surface area contributed by atoms with Crippen molar-refractivity contribution in [3.63, 3.8) is 0 Å². The van der Waals surface area contributed by atoms with Gasteiger partial charge >= 0.3 is 0 Å². The minimum atomic E-state index is 1.04. The highest BCUT2D eigenvalue weighted by molar-refractivity contribution is 5.64. The number of aryl methyl sites for hydroxylation is 4. The highest BCUT2D eigenvalue weighted by Gasteiger charge is 2.37. The van der Waals surface area contributed by atoms with Crippen LogP contribution in [-0.4, -0.2) is 19.9 Å². The van der Waals surface area contributed by atoms with E-state index in [0.717, 1.165) is 91.5 Å². The van der Waals surface area contributed by atoms with Gasteiger partial charge in [-0.15, -0.1) is 0 Å². The van der Waals surface area contributed by atoms with E-state index >= 15 is 0 Å². The van der Waals surface area contributed by atoms with Gasteiger partial charge in [0.1, 0.15) is 69.2 Å². The van der Waals surface area contributed by atoms with Gasteiger partial charge in [0.15, 0.2) is 0 Å². The van der Waals surface area contributed by atoms with Crippen molar-refractivity contribution < 1.29 is 0 Å². The normalized spacial score (nSPS) is 12.8. The zero-order valence-corrected chi connectivity index (χ0v) is 29.9. The lowest BCUT2D eigenvalue weighted by Crippen LogP contribution is -2.12. The maximum Gasteiger partial charge on any atom is 0.126 e. The molecule has 1 aliphatic heterocycles. The van der Waals surface area contributed by atoms with Gasteiger partial charge in [-0.2, -0.15) is 0 Å². The Labute approximate surface area is 306 Å². The fourth-order valence-electron chi connectivity index (χ4n) is 7.45. The molecule has 0 spiro atoms. The Morgan fingerprint density at radius 2 is 0.385 bits per heavy atom. The molecule has 248 valence electrons. The SMILES string of the molecule is Cc1ccc([C+]2c3ccc([nH]3)[C+](c3ccc(C)cc3)c3ccc([nH]3)[C+](c3ccc(C)cc3)c3ccc([nH]3)[C+](c3ccc(C)cc3)c3ccc2[nH]3)cc1. The third kappa shape index (κ3) is 5.69. The van der Waals surface area contributed by atoms with E-state index in [1.165, 1.54) is 22.3 Å². The van der Waals surface area contributed by atoms with Crippen LogP contribution in [0.5, 0.6) is 0 Å². The molecular formula is C48H40N4+4. The number of rotatable bonds is 4. The Balaban J connectivity index is 1.29. The number of H-pyrrole nitrogens is 4. The van der Waals surface area contributed by atoms with E-state index in [4.69, 9.17) is 0 Å². The van der Waals surface area contributed by atoms with E-state index in [9.17, 15) is 0 Å². The van der Waals surface area contributed by atoms with E-state index in [0.29, 0.717) is 0 Å². The maximum absolute atomic E-state index is 3.88. The lowest BCUT2D eigenvalue weighted by atomic mass is 9.92. The van der Waals surface area contributed by atoms with Crippen molar-refractivity contribution in [1.82, 2.24) is 19.9 Å².